The fourth-order valence-corrected chi connectivity index (χ4v) is 5.16. The molecule has 34 heavy (non-hydrogen) atoms. The molecule has 1 aliphatic heterocycles. The van der Waals surface area contributed by atoms with Crippen LogP contribution in [0.3, 0.4) is 0 Å². The minimum absolute atomic E-state index is 0.173. The topological polar surface area (TPSA) is 90.7 Å². The van der Waals surface area contributed by atoms with Crippen molar-refractivity contribution in [2.75, 3.05) is 26.3 Å². The van der Waals surface area contributed by atoms with Gasteiger partial charge in [0.25, 0.3) is 5.91 Å². The van der Waals surface area contributed by atoms with E-state index < -0.39 is 5.97 Å². The molecule has 3 heterocycles. The van der Waals surface area contributed by atoms with Crippen molar-refractivity contribution in [3.63, 3.8) is 0 Å². The van der Waals surface area contributed by atoms with Crippen molar-refractivity contribution in [2.24, 2.45) is 5.92 Å². The maximum Gasteiger partial charge on any atom is 0.348 e. The quantitative estimate of drug-likeness (QED) is 0.476. The monoisotopic (exact) mass is 483 g/mol. The Bertz CT molecular complexity index is 1190. The lowest BCUT2D eigenvalue weighted by Gasteiger charge is -2.30. The number of piperidine rings is 1. The van der Waals surface area contributed by atoms with Gasteiger partial charge in [-0.15, -0.1) is 11.3 Å². The number of esters is 2. The van der Waals surface area contributed by atoms with Gasteiger partial charge in [-0.05, 0) is 45.2 Å². The molecule has 0 N–H and O–H groups in total. The zero-order chi connectivity index (χ0) is 24.2. The Balaban J connectivity index is 1.35. The van der Waals surface area contributed by atoms with Crippen LogP contribution in [0.1, 0.15) is 46.3 Å². The van der Waals surface area contributed by atoms with E-state index in [0.717, 1.165) is 21.5 Å². The SMILES string of the molecule is CCOC(=O)C1CCN(C(=O)COC(=O)c2cc3c(C)nn(Cc4ccc(C)cc4)c3s2)CC1. The molecule has 1 saturated heterocycles. The maximum atomic E-state index is 12.7. The second-order valence-electron chi connectivity index (χ2n) is 8.54. The Hall–Kier alpha value is -3.20. The van der Waals surface area contributed by atoms with Gasteiger partial charge in [-0.1, -0.05) is 29.8 Å². The summed E-state index contributed by atoms with van der Waals surface area (Å²) in [5.74, 6) is -1.15. The van der Waals surface area contributed by atoms with Gasteiger partial charge in [0.2, 0.25) is 0 Å². The van der Waals surface area contributed by atoms with Crippen LogP contribution in [0, 0.1) is 19.8 Å². The summed E-state index contributed by atoms with van der Waals surface area (Å²) in [6.45, 7) is 7.31. The second kappa shape index (κ2) is 10.4. The molecule has 8 nitrogen and oxygen atoms in total. The van der Waals surface area contributed by atoms with Gasteiger partial charge in [-0.3, -0.25) is 14.3 Å². The van der Waals surface area contributed by atoms with Crippen molar-refractivity contribution >= 4 is 39.4 Å². The van der Waals surface area contributed by atoms with E-state index in [1.54, 1.807) is 17.9 Å². The normalized spacial score (nSPS) is 14.4. The highest BCUT2D eigenvalue weighted by molar-refractivity contribution is 7.20. The first kappa shape index (κ1) is 23.9. The lowest BCUT2D eigenvalue weighted by atomic mass is 9.97. The molecular formula is C25H29N3O5S. The third-order valence-corrected chi connectivity index (χ3v) is 7.18. The average Bonchev–Trinajstić information content (AvgIpc) is 3.40. The number of fused-ring (bicyclic) bond motifs is 1. The van der Waals surface area contributed by atoms with Crippen LogP contribution >= 0.6 is 11.3 Å². The summed E-state index contributed by atoms with van der Waals surface area (Å²) in [6, 6.07) is 10.1. The number of aryl methyl sites for hydroxylation is 2. The summed E-state index contributed by atoms with van der Waals surface area (Å²) < 4.78 is 12.3. The van der Waals surface area contributed by atoms with Gasteiger partial charge in [0.1, 0.15) is 9.71 Å². The predicted octanol–water partition coefficient (Wildman–Crippen LogP) is 3.72. The van der Waals surface area contributed by atoms with E-state index in [0.29, 0.717) is 44.0 Å². The highest BCUT2D eigenvalue weighted by atomic mass is 32.1. The second-order valence-corrected chi connectivity index (χ2v) is 9.57. The van der Waals surface area contributed by atoms with E-state index in [9.17, 15) is 14.4 Å². The minimum atomic E-state index is -0.516. The molecule has 0 aliphatic carbocycles. The average molecular weight is 484 g/mol. The molecule has 4 rings (SSSR count). The summed E-state index contributed by atoms with van der Waals surface area (Å²) in [5, 5.41) is 5.53. The molecule has 2 aromatic heterocycles. The Labute approximate surface area is 202 Å². The first-order valence-electron chi connectivity index (χ1n) is 11.5. The van der Waals surface area contributed by atoms with Gasteiger partial charge in [-0.25, -0.2) is 4.79 Å². The number of hydrogen-bond donors (Lipinski definition) is 0. The molecule has 180 valence electrons. The number of rotatable bonds is 7. The molecule has 0 radical (unpaired) electrons. The van der Waals surface area contributed by atoms with Gasteiger partial charge in [0.15, 0.2) is 6.61 Å². The van der Waals surface area contributed by atoms with Crippen molar-refractivity contribution in [3.05, 3.63) is 52.0 Å². The maximum absolute atomic E-state index is 12.7. The van der Waals surface area contributed by atoms with Gasteiger partial charge in [0, 0.05) is 18.5 Å². The molecular weight excluding hydrogens is 454 g/mol. The first-order valence-corrected chi connectivity index (χ1v) is 12.3. The van der Waals surface area contributed by atoms with Crippen LogP contribution in [0.25, 0.3) is 10.2 Å². The van der Waals surface area contributed by atoms with Crippen LogP contribution in [0.15, 0.2) is 30.3 Å². The third kappa shape index (κ3) is 5.30. The summed E-state index contributed by atoms with van der Waals surface area (Å²) >= 11 is 1.32. The number of amides is 1. The smallest absolute Gasteiger partial charge is 0.348 e. The third-order valence-electron chi connectivity index (χ3n) is 6.06. The van der Waals surface area contributed by atoms with Crippen molar-refractivity contribution in [2.45, 2.75) is 40.2 Å². The number of hydrogen-bond acceptors (Lipinski definition) is 7. The van der Waals surface area contributed by atoms with Crippen molar-refractivity contribution in [1.29, 1.82) is 0 Å². The zero-order valence-electron chi connectivity index (χ0n) is 19.7. The Morgan fingerprint density at radius 1 is 1.09 bits per heavy atom. The molecule has 1 amide bonds. The lowest BCUT2D eigenvalue weighted by Crippen LogP contribution is -2.42. The van der Waals surface area contributed by atoms with Crippen LogP contribution in [-0.2, 0) is 25.6 Å². The number of benzene rings is 1. The number of carbonyl (C=O) groups excluding carboxylic acids is 3. The van der Waals surface area contributed by atoms with Crippen LogP contribution < -0.4 is 0 Å². The van der Waals surface area contributed by atoms with Crippen LogP contribution in [0.5, 0.6) is 0 Å². The van der Waals surface area contributed by atoms with E-state index in [4.69, 9.17) is 9.47 Å². The standard InChI is InChI=1S/C25H29N3O5S/c1-4-32-24(30)19-9-11-27(12-10-19)22(29)15-33-25(31)21-13-20-17(3)26-28(23(20)34-21)14-18-7-5-16(2)6-8-18/h5-8,13,19H,4,9-12,14-15H2,1-3H3. The Kier molecular flexibility index (Phi) is 7.31. The van der Waals surface area contributed by atoms with Crippen molar-refractivity contribution < 1.29 is 23.9 Å². The van der Waals surface area contributed by atoms with Gasteiger partial charge < -0.3 is 14.4 Å². The fourth-order valence-electron chi connectivity index (χ4n) is 4.10. The molecule has 0 unspecified atom stereocenters. The number of ether oxygens (including phenoxy) is 2. The molecule has 1 aromatic carbocycles. The minimum Gasteiger partial charge on any atom is -0.466 e. The summed E-state index contributed by atoms with van der Waals surface area (Å²) in [7, 11) is 0. The number of likely N-dealkylation sites (tertiary alicyclic amines) is 1. The number of thiophene rings is 1. The van der Waals surface area contributed by atoms with E-state index in [2.05, 4.69) is 29.4 Å². The lowest BCUT2D eigenvalue weighted by molar-refractivity contribution is -0.151. The first-order chi connectivity index (χ1) is 16.4. The van der Waals surface area contributed by atoms with Crippen molar-refractivity contribution in [3.8, 4) is 0 Å². The van der Waals surface area contributed by atoms with Crippen LogP contribution in [0.4, 0.5) is 0 Å². The molecule has 0 saturated carbocycles. The summed E-state index contributed by atoms with van der Waals surface area (Å²) in [4.78, 5) is 40.0. The van der Waals surface area contributed by atoms with Gasteiger partial charge >= 0.3 is 11.9 Å². The number of aromatic nitrogens is 2. The highest BCUT2D eigenvalue weighted by Gasteiger charge is 2.28. The number of nitrogens with zero attached hydrogens (tertiary/aromatic N) is 3. The largest absolute Gasteiger partial charge is 0.466 e. The Morgan fingerprint density at radius 3 is 2.47 bits per heavy atom. The van der Waals surface area contributed by atoms with Crippen LogP contribution in [-0.4, -0.2) is 58.8 Å². The molecule has 1 aliphatic rings. The molecule has 0 bridgehead atoms. The van der Waals surface area contributed by atoms with E-state index in [1.165, 1.54) is 16.9 Å². The molecule has 1 fully saturated rings. The van der Waals surface area contributed by atoms with Gasteiger partial charge in [0.05, 0.1) is 24.8 Å². The van der Waals surface area contributed by atoms with E-state index in [1.807, 2.05) is 18.5 Å². The molecule has 3 aromatic rings. The zero-order valence-corrected chi connectivity index (χ0v) is 20.5. The van der Waals surface area contributed by atoms with Crippen LogP contribution in [0.2, 0.25) is 0 Å². The molecule has 9 heteroatoms. The summed E-state index contributed by atoms with van der Waals surface area (Å²) in [5.41, 5.74) is 3.17. The summed E-state index contributed by atoms with van der Waals surface area (Å²) in [6.07, 6.45) is 1.12. The number of carbonyl (C=O) groups is 3. The van der Waals surface area contributed by atoms with E-state index >= 15 is 0 Å². The van der Waals surface area contributed by atoms with Gasteiger partial charge in [-0.2, -0.15) is 5.10 Å². The predicted molar refractivity (Wildman–Crippen MR) is 129 cm³/mol. The Morgan fingerprint density at radius 2 is 1.79 bits per heavy atom. The fraction of sp³-hybridized carbons (Fsp3) is 0.440. The van der Waals surface area contributed by atoms with E-state index in [-0.39, 0.29) is 24.4 Å². The molecule has 0 spiro atoms. The molecule has 0 atom stereocenters. The highest BCUT2D eigenvalue weighted by Crippen LogP contribution is 2.29. The van der Waals surface area contributed by atoms with Crippen molar-refractivity contribution in [1.82, 2.24) is 14.7 Å².